The van der Waals surface area contributed by atoms with Gasteiger partial charge in [0.15, 0.2) is 11.0 Å². The first-order chi connectivity index (χ1) is 23.1. The Kier molecular flexibility index (Phi) is 11.1. The van der Waals surface area contributed by atoms with E-state index in [1.54, 1.807) is 19.1 Å². The summed E-state index contributed by atoms with van der Waals surface area (Å²) < 4.78 is 152. The first-order valence-electron chi connectivity index (χ1n) is 14.8. The maximum Gasteiger partial charge on any atom is 0.416 e. The van der Waals surface area contributed by atoms with Crippen LogP contribution in [0.4, 0.5) is 37.7 Å². The summed E-state index contributed by atoms with van der Waals surface area (Å²) in [5.41, 5.74) is -0.517. The fraction of sp³-hybridized carbons (Fsp3) is 0.281. The number of aryl methyl sites for hydroxylation is 1. The van der Waals surface area contributed by atoms with Gasteiger partial charge in [0, 0.05) is 36.4 Å². The highest BCUT2D eigenvalue weighted by molar-refractivity contribution is 7.85. The monoisotopic (exact) mass is 745 g/mol. The summed E-state index contributed by atoms with van der Waals surface area (Å²) in [7, 11) is -9.21. The van der Waals surface area contributed by atoms with Crippen molar-refractivity contribution in [3.63, 3.8) is 0 Å². The van der Waals surface area contributed by atoms with Crippen molar-refractivity contribution in [1.82, 2.24) is 4.57 Å². The van der Waals surface area contributed by atoms with Crippen molar-refractivity contribution in [2.45, 2.75) is 38.7 Å². The molecule has 1 aliphatic heterocycles. The third kappa shape index (κ3) is 9.04. The van der Waals surface area contributed by atoms with Gasteiger partial charge >= 0.3 is 12.4 Å². The van der Waals surface area contributed by atoms with Crippen molar-refractivity contribution in [3.8, 4) is 0 Å². The minimum absolute atomic E-state index is 0.103. The molecule has 3 aromatic rings. The molecule has 0 radical (unpaired) electrons. The predicted octanol–water partition coefficient (Wildman–Crippen LogP) is 6.21. The molecule has 1 aliphatic rings. The lowest BCUT2D eigenvalue weighted by Crippen LogP contribution is -2.29. The number of benzene rings is 2. The molecular formula is C32H31F6N4O6S2-. The van der Waals surface area contributed by atoms with Crippen LogP contribution in [0.25, 0.3) is 23.3 Å². The third-order valence-corrected chi connectivity index (χ3v) is 9.24. The van der Waals surface area contributed by atoms with Gasteiger partial charge in [-0.15, -0.1) is 0 Å². The van der Waals surface area contributed by atoms with Crippen molar-refractivity contribution in [2.24, 2.45) is 0 Å². The molecule has 4 rings (SSSR count). The molecule has 10 nitrogen and oxygen atoms in total. The molecule has 2 aromatic carbocycles. The maximum atomic E-state index is 13.6. The zero-order valence-corrected chi connectivity index (χ0v) is 28.0. The van der Waals surface area contributed by atoms with E-state index in [0.717, 1.165) is 24.3 Å². The van der Waals surface area contributed by atoms with Gasteiger partial charge in [-0.2, -0.15) is 30.9 Å². The minimum atomic E-state index is -4.67. The summed E-state index contributed by atoms with van der Waals surface area (Å²) >= 11 is 0. The van der Waals surface area contributed by atoms with E-state index < -0.39 is 55.2 Å². The predicted molar refractivity (Wildman–Crippen MR) is 174 cm³/mol. The molecule has 0 saturated carbocycles. The van der Waals surface area contributed by atoms with Crippen LogP contribution in [0.3, 0.4) is 0 Å². The molecule has 0 bridgehead atoms. The Morgan fingerprint density at radius 2 is 1.44 bits per heavy atom. The number of imidazole rings is 1. The molecular weight excluding hydrogens is 714 g/mol. The normalized spacial score (nSPS) is 15.5. The van der Waals surface area contributed by atoms with Gasteiger partial charge in [0.1, 0.15) is 5.82 Å². The van der Waals surface area contributed by atoms with Gasteiger partial charge in [0.2, 0.25) is 0 Å². The van der Waals surface area contributed by atoms with Crippen LogP contribution in [-0.2, 0) is 39.1 Å². The second-order valence-corrected chi connectivity index (χ2v) is 14.2. The van der Waals surface area contributed by atoms with E-state index >= 15 is 0 Å². The average Bonchev–Trinajstić information content (AvgIpc) is 3.46. The van der Waals surface area contributed by atoms with Crippen LogP contribution in [0.2, 0.25) is 0 Å². The van der Waals surface area contributed by atoms with Crippen LogP contribution in [0.15, 0.2) is 85.4 Å². The van der Waals surface area contributed by atoms with E-state index in [0.29, 0.717) is 28.4 Å². The fourth-order valence-corrected chi connectivity index (χ4v) is 6.42. The van der Waals surface area contributed by atoms with Gasteiger partial charge in [-0.25, -0.2) is 21.4 Å². The molecule has 0 N–H and O–H groups in total. The molecule has 2 heterocycles. The molecule has 0 amide bonds. The maximum absolute atomic E-state index is 13.6. The highest BCUT2D eigenvalue weighted by Crippen LogP contribution is 2.45. The van der Waals surface area contributed by atoms with Gasteiger partial charge in [-0.3, -0.25) is 0 Å². The van der Waals surface area contributed by atoms with Crippen molar-refractivity contribution in [2.75, 3.05) is 27.9 Å². The molecule has 0 atom stereocenters. The van der Waals surface area contributed by atoms with Crippen LogP contribution >= 0.6 is 0 Å². The Bertz CT molecular complexity index is 2120. The molecule has 0 saturated heterocycles. The van der Waals surface area contributed by atoms with Crippen molar-refractivity contribution in [3.05, 3.63) is 102 Å². The molecule has 0 aliphatic carbocycles. The molecule has 0 unspecified atom stereocenters. The summed E-state index contributed by atoms with van der Waals surface area (Å²) in [5, 5.41) is 0. The Labute approximate surface area is 284 Å². The lowest BCUT2D eigenvalue weighted by atomic mass is 10.1. The number of aromatic nitrogens is 2. The second kappa shape index (κ2) is 14.5. The number of hydrogen-bond donors (Lipinski definition) is 0. The van der Waals surface area contributed by atoms with Gasteiger partial charge in [0.25, 0.3) is 5.82 Å². The quantitative estimate of drug-likeness (QED) is 0.0875. The zero-order chi connectivity index (χ0) is 37.2. The topological polar surface area (TPSA) is 130 Å². The van der Waals surface area contributed by atoms with Crippen molar-refractivity contribution >= 4 is 54.9 Å². The van der Waals surface area contributed by atoms with Crippen LogP contribution < -0.4 is 14.4 Å². The van der Waals surface area contributed by atoms with E-state index in [1.165, 1.54) is 55.6 Å². The number of rotatable bonds is 13. The smallest absolute Gasteiger partial charge is 0.416 e. The van der Waals surface area contributed by atoms with Gasteiger partial charge in [-0.1, -0.05) is 30.9 Å². The van der Waals surface area contributed by atoms with Gasteiger partial charge < -0.3 is 18.9 Å². The van der Waals surface area contributed by atoms with Crippen molar-refractivity contribution in [1.29, 1.82) is 0 Å². The molecule has 1 aromatic heterocycles. The van der Waals surface area contributed by atoms with E-state index in [4.69, 9.17) is 0 Å². The average molecular weight is 746 g/mol. The second-order valence-electron chi connectivity index (χ2n) is 11.2. The van der Waals surface area contributed by atoms with Gasteiger partial charge in [-0.05, 0) is 56.2 Å². The van der Waals surface area contributed by atoms with Gasteiger partial charge in [0.05, 0.1) is 55.5 Å². The lowest BCUT2D eigenvalue weighted by molar-refractivity contribution is -0.542. The highest BCUT2D eigenvalue weighted by Gasteiger charge is 2.36. The van der Waals surface area contributed by atoms with E-state index in [2.05, 4.69) is 13.2 Å². The summed E-state index contributed by atoms with van der Waals surface area (Å²) in [6.07, 6.45) is -0.806. The van der Waals surface area contributed by atoms with E-state index in [1.807, 2.05) is 0 Å². The van der Waals surface area contributed by atoms with Crippen LogP contribution in [0.5, 0.6) is 0 Å². The Morgan fingerprint density at radius 3 is 2.00 bits per heavy atom. The zero-order valence-electron chi connectivity index (χ0n) is 26.4. The third-order valence-electron chi connectivity index (χ3n) is 7.66. The fourth-order valence-electron chi connectivity index (χ4n) is 5.45. The Morgan fingerprint density at radius 1 is 0.860 bits per heavy atom. The standard InChI is InChI=1S/C32H32F6N4O6S2/c1-4-39-25-12-10-23(31(33,34)35)20-27(25)41(16-6-18-49(43,44)45)29(39)14-8-22(3)9-15-30-40(5-2)26-13-11-24(32(36,37)38)21-28(26)42(30)17-7-19-50(46,47)48/h4-5,8-15,20-21H,1-2,6-7,16-19H2,3H3,(H-,43,44,45,46,47,48)/p-1. The largest absolute Gasteiger partial charge is 0.748 e. The Balaban J connectivity index is 1.77. The van der Waals surface area contributed by atoms with Crippen molar-refractivity contribution < 1.29 is 56.9 Å². The number of anilines is 2. The molecule has 0 spiro atoms. The molecule has 50 heavy (non-hydrogen) atoms. The van der Waals surface area contributed by atoms with E-state index in [9.17, 15) is 52.3 Å². The SMILES string of the molecule is C=CN1\C(=C/C=C(C)/C=C/c2n(CCCS(=O)(=O)[O-])c3cc(C(F)(F)F)ccc3[n+]2C=C)N(CCCS(=O)(=O)[O-])c2cc(C(F)(F)F)ccc21. The van der Waals surface area contributed by atoms with Crippen LogP contribution in [0.1, 0.15) is 36.7 Å². The van der Waals surface area contributed by atoms with Crippen LogP contribution in [-0.4, -0.2) is 48.6 Å². The number of allylic oxidation sites excluding steroid dienone is 4. The Hall–Kier alpha value is -4.39. The molecule has 18 heteroatoms. The highest BCUT2D eigenvalue weighted by atomic mass is 32.2. The number of fused-ring (bicyclic) bond motifs is 2. The molecule has 0 fully saturated rings. The van der Waals surface area contributed by atoms with E-state index in [-0.39, 0.29) is 37.1 Å². The molecule has 270 valence electrons. The first-order valence-corrected chi connectivity index (χ1v) is 17.9. The first kappa shape index (κ1) is 38.4. The number of alkyl halides is 6. The lowest BCUT2D eigenvalue weighted by Gasteiger charge is -2.23. The summed E-state index contributed by atoms with van der Waals surface area (Å²) in [6, 6.07) is 6.07. The number of hydrogen-bond acceptors (Lipinski definition) is 8. The van der Waals surface area contributed by atoms with Crippen LogP contribution in [0, 0.1) is 0 Å². The summed E-state index contributed by atoms with van der Waals surface area (Å²) in [5.74, 6) is -0.920. The number of nitrogens with zero attached hydrogens (tertiary/aromatic N) is 4. The minimum Gasteiger partial charge on any atom is -0.748 e. The summed E-state index contributed by atoms with van der Waals surface area (Å²) in [6.45, 7) is 8.88. The number of halogens is 6. The summed E-state index contributed by atoms with van der Waals surface area (Å²) in [4.78, 5) is 2.91.